The first-order chi connectivity index (χ1) is 10.4. The standard InChI is InChI=1S/C15H19F3N2O2/c1-22-14(5-7-19-8-6-14)13(21)20-10-11-3-2-4-12(9-11)15(16,17)18/h2-4,9,19H,5-8,10H2,1H3,(H,20,21). The molecular weight excluding hydrogens is 297 g/mol. The first-order valence-corrected chi connectivity index (χ1v) is 7.08. The number of benzene rings is 1. The summed E-state index contributed by atoms with van der Waals surface area (Å²) in [7, 11) is 1.48. The van der Waals surface area contributed by atoms with Crippen molar-refractivity contribution in [3.8, 4) is 0 Å². The topological polar surface area (TPSA) is 50.4 Å². The zero-order valence-corrected chi connectivity index (χ0v) is 12.3. The fraction of sp³-hybridized carbons (Fsp3) is 0.533. The molecule has 1 aliphatic heterocycles. The van der Waals surface area contributed by atoms with Gasteiger partial charge >= 0.3 is 6.18 Å². The summed E-state index contributed by atoms with van der Waals surface area (Å²) < 4.78 is 43.4. The van der Waals surface area contributed by atoms with E-state index < -0.39 is 17.3 Å². The predicted molar refractivity (Wildman–Crippen MR) is 75.1 cm³/mol. The van der Waals surface area contributed by atoms with Crippen molar-refractivity contribution in [3.63, 3.8) is 0 Å². The molecule has 1 aromatic rings. The highest BCUT2D eigenvalue weighted by Gasteiger charge is 2.39. The van der Waals surface area contributed by atoms with Crippen LogP contribution in [0.1, 0.15) is 24.0 Å². The molecule has 0 radical (unpaired) electrons. The molecule has 0 aliphatic carbocycles. The number of hydrogen-bond donors (Lipinski definition) is 2. The number of hydrogen-bond acceptors (Lipinski definition) is 3. The highest BCUT2D eigenvalue weighted by molar-refractivity contribution is 5.85. The quantitative estimate of drug-likeness (QED) is 0.894. The van der Waals surface area contributed by atoms with Crippen molar-refractivity contribution in [1.82, 2.24) is 10.6 Å². The molecule has 0 saturated carbocycles. The Bertz CT molecular complexity index is 526. The average molecular weight is 316 g/mol. The lowest BCUT2D eigenvalue weighted by molar-refractivity contribution is -0.146. The normalized spacial score (nSPS) is 18.0. The van der Waals surface area contributed by atoms with E-state index in [0.29, 0.717) is 31.5 Å². The second-order valence-corrected chi connectivity index (χ2v) is 5.33. The van der Waals surface area contributed by atoms with Gasteiger partial charge in [0.2, 0.25) is 0 Å². The van der Waals surface area contributed by atoms with Gasteiger partial charge in [0.05, 0.1) is 5.56 Å². The van der Waals surface area contributed by atoms with Crippen LogP contribution in [-0.4, -0.2) is 31.7 Å². The van der Waals surface area contributed by atoms with E-state index in [9.17, 15) is 18.0 Å². The molecule has 0 aromatic heterocycles. The van der Waals surface area contributed by atoms with Gasteiger partial charge in [-0.25, -0.2) is 0 Å². The van der Waals surface area contributed by atoms with Crippen LogP contribution in [0.15, 0.2) is 24.3 Å². The first-order valence-electron chi connectivity index (χ1n) is 7.08. The predicted octanol–water partition coefficient (Wildman–Crippen LogP) is 2.09. The van der Waals surface area contributed by atoms with Crippen molar-refractivity contribution >= 4 is 5.91 Å². The van der Waals surface area contributed by atoms with E-state index in [0.717, 1.165) is 12.1 Å². The Morgan fingerprint density at radius 3 is 2.64 bits per heavy atom. The minimum Gasteiger partial charge on any atom is -0.368 e. The number of nitrogens with one attached hydrogen (secondary N) is 2. The Balaban J connectivity index is 2.01. The molecule has 0 spiro atoms. The van der Waals surface area contributed by atoms with Crippen LogP contribution in [0.4, 0.5) is 13.2 Å². The molecule has 1 saturated heterocycles. The fourth-order valence-electron chi connectivity index (χ4n) is 2.56. The summed E-state index contributed by atoms with van der Waals surface area (Å²) in [4.78, 5) is 12.3. The van der Waals surface area contributed by atoms with E-state index in [1.54, 1.807) is 6.07 Å². The zero-order chi connectivity index (χ0) is 16.2. The smallest absolute Gasteiger partial charge is 0.368 e. The Morgan fingerprint density at radius 2 is 2.05 bits per heavy atom. The fourth-order valence-corrected chi connectivity index (χ4v) is 2.56. The molecule has 7 heteroatoms. The summed E-state index contributed by atoms with van der Waals surface area (Å²) in [5.41, 5.74) is -1.21. The third kappa shape index (κ3) is 3.78. The Morgan fingerprint density at radius 1 is 1.36 bits per heavy atom. The van der Waals surface area contributed by atoms with Gasteiger partial charge in [0.15, 0.2) is 0 Å². The highest BCUT2D eigenvalue weighted by Crippen LogP contribution is 2.29. The maximum atomic E-state index is 12.7. The number of piperidine rings is 1. The number of carbonyl (C=O) groups excluding carboxylic acids is 1. The minimum atomic E-state index is -4.39. The third-order valence-corrected chi connectivity index (χ3v) is 3.92. The van der Waals surface area contributed by atoms with Gasteiger partial charge in [0.1, 0.15) is 5.60 Å². The Labute approximate surface area is 127 Å². The Kier molecular flexibility index (Phi) is 5.08. The molecule has 0 unspecified atom stereocenters. The van der Waals surface area contributed by atoms with Gasteiger partial charge in [-0.15, -0.1) is 0 Å². The van der Waals surface area contributed by atoms with Gasteiger partial charge in [-0.3, -0.25) is 4.79 Å². The molecule has 2 N–H and O–H groups in total. The largest absolute Gasteiger partial charge is 0.416 e. The minimum absolute atomic E-state index is 0.0429. The molecule has 4 nitrogen and oxygen atoms in total. The van der Waals surface area contributed by atoms with Crippen LogP contribution in [0.3, 0.4) is 0 Å². The number of carbonyl (C=O) groups is 1. The molecule has 1 heterocycles. The van der Waals surface area contributed by atoms with E-state index in [1.165, 1.54) is 13.2 Å². The number of methoxy groups -OCH3 is 1. The molecule has 22 heavy (non-hydrogen) atoms. The van der Waals surface area contributed by atoms with Crippen molar-refractivity contribution in [3.05, 3.63) is 35.4 Å². The SMILES string of the molecule is COC1(C(=O)NCc2cccc(C(F)(F)F)c2)CCNCC1. The Hall–Kier alpha value is -1.60. The summed E-state index contributed by atoms with van der Waals surface area (Å²) in [6.45, 7) is 1.39. The third-order valence-electron chi connectivity index (χ3n) is 3.92. The van der Waals surface area contributed by atoms with E-state index >= 15 is 0 Å². The molecule has 0 atom stereocenters. The molecule has 0 bridgehead atoms. The monoisotopic (exact) mass is 316 g/mol. The molecule has 2 rings (SSSR count). The lowest BCUT2D eigenvalue weighted by Gasteiger charge is -2.34. The van der Waals surface area contributed by atoms with Crippen molar-refractivity contribution in [2.75, 3.05) is 20.2 Å². The van der Waals surface area contributed by atoms with E-state index in [2.05, 4.69) is 10.6 Å². The van der Waals surface area contributed by atoms with Gasteiger partial charge in [-0.05, 0) is 43.6 Å². The summed E-state index contributed by atoms with van der Waals surface area (Å²) in [6.07, 6.45) is -3.31. The summed E-state index contributed by atoms with van der Waals surface area (Å²) >= 11 is 0. The molecular formula is C15H19F3N2O2. The van der Waals surface area contributed by atoms with Gasteiger partial charge in [-0.1, -0.05) is 12.1 Å². The van der Waals surface area contributed by atoms with Crippen LogP contribution in [0.25, 0.3) is 0 Å². The summed E-state index contributed by atoms with van der Waals surface area (Å²) in [5, 5.41) is 5.82. The lowest BCUT2D eigenvalue weighted by atomic mass is 9.91. The molecule has 1 aromatic carbocycles. The molecule has 122 valence electrons. The molecule has 1 aliphatic rings. The maximum Gasteiger partial charge on any atom is 0.416 e. The average Bonchev–Trinajstić information content (AvgIpc) is 2.52. The van der Waals surface area contributed by atoms with E-state index in [4.69, 9.17) is 4.74 Å². The number of alkyl halides is 3. The van der Waals surface area contributed by atoms with E-state index in [1.807, 2.05) is 0 Å². The van der Waals surface area contributed by atoms with Gasteiger partial charge in [-0.2, -0.15) is 13.2 Å². The van der Waals surface area contributed by atoms with Crippen LogP contribution >= 0.6 is 0 Å². The van der Waals surface area contributed by atoms with Gasteiger partial charge in [0.25, 0.3) is 5.91 Å². The number of rotatable bonds is 4. The number of amides is 1. The van der Waals surface area contributed by atoms with E-state index in [-0.39, 0.29) is 12.5 Å². The van der Waals surface area contributed by atoms with Crippen molar-refractivity contribution in [2.45, 2.75) is 31.2 Å². The molecule has 1 fully saturated rings. The van der Waals surface area contributed by atoms with Crippen LogP contribution < -0.4 is 10.6 Å². The van der Waals surface area contributed by atoms with Gasteiger partial charge in [0, 0.05) is 13.7 Å². The van der Waals surface area contributed by atoms with Crippen LogP contribution in [-0.2, 0) is 22.3 Å². The number of ether oxygens (including phenoxy) is 1. The van der Waals surface area contributed by atoms with Crippen LogP contribution in [0.5, 0.6) is 0 Å². The van der Waals surface area contributed by atoms with Crippen molar-refractivity contribution < 1.29 is 22.7 Å². The summed E-state index contributed by atoms with van der Waals surface area (Å²) in [6, 6.07) is 4.94. The highest BCUT2D eigenvalue weighted by atomic mass is 19.4. The lowest BCUT2D eigenvalue weighted by Crippen LogP contribution is -2.53. The number of halogens is 3. The summed E-state index contributed by atoms with van der Waals surface area (Å²) in [5.74, 6) is -0.283. The van der Waals surface area contributed by atoms with Crippen molar-refractivity contribution in [2.24, 2.45) is 0 Å². The van der Waals surface area contributed by atoms with Crippen LogP contribution in [0, 0.1) is 0 Å². The molecule has 1 amide bonds. The first kappa shape index (κ1) is 16.8. The second-order valence-electron chi connectivity index (χ2n) is 5.33. The zero-order valence-electron chi connectivity index (χ0n) is 12.3. The van der Waals surface area contributed by atoms with Crippen LogP contribution in [0.2, 0.25) is 0 Å². The second kappa shape index (κ2) is 6.66. The van der Waals surface area contributed by atoms with Crippen molar-refractivity contribution in [1.29, 1.82) is 0 Å². The van der Waals surface area contributed by atoms with Gasteiger partial charge < -0.3 is 15.4 Å². The maximum absolute atomic E-state index is 12.7.